The Labute approximate surface area is 195 Å². The summed E-state index contributed by atoms with van der Waals surface area (Å²) < 4.78 is 33.4. The first-order chi connectivity index (χ1) is 15.7. The van der Waals surface area contributed by atoms with Crippen molar-refractivity contribution < 1.29 is 22.9 Å². The number of carbonyl (C=O) groups excluding carboxylic acids is 1. The van der Waals surface area contributed by atoms with Crippen molar-refractivity contribution in [1.29, 1.82) is 0 Å². The van der Waals surface area contributed by atoms with Crippen LogP contribution >= 0.6 is 11.6 Å². The lowest BCUT2D eigenvalue weighted by Crippen LogP contribution is -2.45. The molecule has 1 atom stereocenters. The molecule has 172 valence electrons. The van der Waals surface area contributed by atoms with Crippen molar-refractivity contribution in [2.75, 3.05) is 12.4 Å². The summed E-state index contributed by atoms with van der Waals surface area (Å²) in [5.74, 6) is -0.525. The summed E-state index contributed by atoms with van der Waals surface area (Å²) in [5, 5.41) is 14.0. The van der Waals surface area contributed by atoms with Gasteiger partial charge in [0, 0.05) is 17.2 Å². The zero-order valence-corrected chi connectivity index (χ0v) is 19.0. The normalized spacial score (nSPS) is 12.1. The number of methoxy groups -OCH3 is 1. The standard InChI is InChI=1S/C22H20ClN3O6S/c1-32-21-12-9-17(26(28)29)14-19(21)24-22(27)20(13-15-5-3-2-4-6-15)25-33(30,31)18-10-7-16(23)8-11-18/h2-12,14,20,25H,13H2,1H3,(H,24,27). The molecule has 3 aromatic rings. The molecule has 33 heavy (non-hydrogen) atoms. The number of rotatable bonds is 9. The van der Waals surface area contributed by atoms with Crippen molar-refractivity contribution in [1.82, 2.24) is 4.72 Å². The summed E-state index contributed by atoms with van der Waals surface area (Å²) >= 11 is 5.84. The molecule has 0 aliphatic carbocycles. The van der Waals surface area contributed by atoms with Crippen LogP contribution in [-0.4, -0.2) is 32.4 Å². The smallest absolute Gasteiger partial charge is 0.271 e. The maximum Gasteiger partial charge on any atom is 0.271 e. The van der Waals surface area contributed by atoms with Crippen LogP contribution < -0.4 is 14.8 Å². The second-order valence-corrected chi connectivity index (χ2v) is 9.10. The lowest BCUT2D eigenvalue weighted by Gasteiger charge is -2.19. The number of carbonyl (C=O) groups is 1. The lowest BCUT2D eigenvalue weighted by atomic mass is 10.1. The van der Waals surface area contributed by atoms with Crippen LogP contribution in [0, 0.1) is 10.1 Å². The number of hydrogen-bond donors (Lipinski definition) is 2. The Morgan fingerprint density at radius 2 is 1.76 bits per heavy atom. The molecule has 9 nitrogen and oxygen atoms in total. The van der Waals surface area contributed by atoms with Crippen LogP contribution in [0.5, 0.6) is 5.75 Å². The number of sulfonamides is 1. The molecule has 0 saturated carbocycles. The number of hydrogen-bond acceptors (Lipinski definition) is 6. The Morgan fingerprint density at radius 1 is 1.09 bits per heavy atom. The van der Waals surface area contributed by atoms with Crippen LogP contribution in [-0.2, 0) is 21.2 Å². The van der Waals surface area contributed by atoms with Gasteiger partial charge in [0.05, 0.1) is 22.6 Å². The van der Waals surface area contributed by atoms with Gasteiger partial charge in [-0.15, -0.1) is 0 Å². The Bertz CT molecular complexity index is 1250. The maximum absolute atomic E-state index is 13.1. The Hall–Kier alpha value is -3.47. The second-order valence-electron chi connectivity index (χ2n) is 6.95. The van der Waals surface area contributed by atoms with Gasteiger partial charge in [-0.05, 0) is 42.3 Å². The van der Waals surface area contributed by atoms with Crippen LogP contribution in [0.2, 0.25) is 5.02 Å². The van der Waals surface area contributed by atoms with E-state index in [0.29, 0.717) is 10.6 Å². The van der Waals surface area contributed by atoms with E-state index in [2.05, 4.69) is 10.0 Å². The number of benzene rings is 3. The van der Waals surface area contributed by atoms with E-state index in [0.717, 1.165) is 6.07 Å². The maximum atomic E-state index is 13.1. The van der Waals surface area contributed by atoms with Gasteiger partial charge in [0.15, 0.2) is 0 Å². The fourth-order valence-corrected chi connectivity index (χ4v) is 4.36. The highest BCUT2D eigenvalue weighted by Gasteiger charge is 2.27. The summed E-state index contributed by atoms with van der Waals surface area (Å²) in [4.78, 5) is 23.6. The molecular formula is C22H20ClN3O6S. The zero-order chi connectivity index (χ0) is 24.0. The fourth-order valence-electron chi connectivity index (χ4n) is 3.03. The Kier molecular flexibility index (Phi) is 7.64. The van der Waals surface area contributed by atoms with Crippen LogP contribution in [0.15, 0.2) is 77.7 Å². The van der Waals surface area contributed by atoms with Gasteiger partial charge >= 0.3 is 0 Å². The van der Waals surface area contributed by atoms with Gasteiger partial charge in [-0.3, -0.25) is 14.9 Å². The predicted octanol–water partition coefficient (Wildman–Crippen LogP) is 3.79. The van der Waals surface area contributed by atoms with E-state index >= 15 is 0 Å². The van der Waals surface area contributed by atoms with Crippen LogP contribution in [0.1, 0.15) is 5.56 Å². The number of anilines is 1. The minimum Gasteiger partial charge on any atom is -0.495 e. The van der Waals surface area contributed by atoms with Crippen molar-refractivity contribution in [2.24, 2.45) is 0 Å². The third-order valence-corrected chi connectivity index (χ3v) is 6.41. The van der Waals surface area contributed by atoms with Crippen LogP contribution in [0.4, 0.5) is 11.4 Å². The molecule has 0 aliphatic rings. The molecular weight excluding hydrogens is 470 g/mol. The first-order valence-electron chi connectivity index (χ1n) is 9.65. The molecule has 0 saturated heterocycles. The number of non-ortho nitro benzene ring substituents is 1. The van der Waals surface area contributed by atoms with E-state index in [1.165, 1.54) is 43.5 Å². The third-order valence-electron chi connectivity index (χ3n) is 4.67. The highest BCUT2D eigenvalue weighted by atomic mass is 35.5. The zero-order valence-electron chi connectivity index (χ0n) is 17.4. The molecule has 0 radical (unpaired) electrons. The molecule has 0 aromatic heterocycles. The van der Waals surface area contributed by atoms with Crippen molar-refractivity contribution in [2.45, 2.75) is 17.4 Å². The number of nitrogens with zero attached hydrogens (tertiary/aromatic N) is 1. The van der Waals surface area contributed by atoms with E-state index in [1.807, 2.05) is 0 Å². The second kappa shape index (κ2) is 10.4. The SMILES string of the molecule is COc1ccc([N+](=O)[O-])cc1NC(=O)C(Cc1ccccc1)NS(=O)(=O)c1ccc(Cl)cc1. The van der Waals surface area contributed by atoms with Crippen molar-refractivity contribution in [3.05, 3.63) is 93.5 Å². The summed E-state index contributed by atoms with van der Waals surface area (Å²) in [5.41, 5.74) is 0.496. The quantitative estimate of drug-likeness (QED) is 0.347. The van der Waals surface area contributed by atoms with Crippen molar-refractivity contribution >= 4 is 38.9 Å². The Balaban J connectivity index is 1.92. The number of nitro benzene ring substituents is 1. The number of nitrogens with one attached hydrogen (secondary N) is 2. The highest BCUT2D eigenvalue weighted by molar-refractivity contribution is 7.89. The number of ether oxygens (including phenoxy) is 1. The summed E-state index contributed by atoms with van der Waals surface area (Å²) in [6.07, 6.45) is 0.0384. The minimum absolute atomic E-state index is 0.0384. The highest BCUT2D eigenvalue weighted by Crippen LogP contribution is 2.29. The molecule has 3 rings (SSSR count). The first-order valence-corrected chi connectivity index (χ1v) is 11.5. The molecule has 0 fully saturated rings. The van der Waals surface area contributed by atoms with Gasteiger partial charge in [-0.1, -0.05) is 41.9 Å². The third kappa shape index (κ3) is 6.28. The van der Waals surface area contributed by atoms with Gasteiger partial charge in [0.2, 0.25) is 15.9 Å². The molecule has 0 bridgehead atoms. The molecule has 1 amide bonds. The average molecular weight is 490 g/mol. The number of nitro groups is 1. The topological polar surface area (TPSA) is 128 Å². The molecule has 2 N–H and O–H groups in total. The molecule has 0 spiro atoms. The largest absolute Gasteiger partial charge is 0.495 e. The number of amides is 1. The summed E-state index contributed by atoms with van der Waals surface area (Å²) in [6.45, 7) is 0. The predicted molar refractivity (Wildman–Crippen MR) is 124 cm³/mol. The molecule has 1 unspecified atom stereocenters. The summed E-state index contributed by atoms with van der Waals surface area (Å²) in [7, 11) is -2.73. The van der Waals surface area contributed by atoms with Crippen molar-refractivity contribution in [3.63, 3.8) is 0 Å². The van der Waals surface area contributed by atoms with E-state index in [9.17, 15) is 23.3 Å². The monoisotopic (exact) mass is 489 g/mol. The van der Waals surface area contributed by atoms with E-state index in [1.54, 1.807) is 30.3 Å². The lowest BCUT2D eigenvalue weighted by molar-refractivity contribution is -0.384. The van der Waals surface area contributed by atoms with E-state index in [-0.39, 0.29) is 28.4 Å². The van der Waals surface area contributed by atoms with Gasteiger partial charge in [0.25, 0.3) is 5.69 Å². The minimum atomic E-state index is -4.08. The molecule has 11 heteroatoms. The molecule has 0 heterocycles. The van der Waals surface area contributed by atoms with Crippen LogP contribution in [0.25, 0.3) is 0 Å². The first kappa shape index (κ1) is 24.2. The van der Waals surface area contributed by atoms with Gasteiger partial charge < -0.3 is 10.1 Å². The van der Waals surface area contributed by atoms with Gasteiger partial charge in [0.1, 0.15) is 11.8 Å². The van der Waals surface area contributed by atoms with E-state index < -0.39 is 26.9 Å². The van der Waals surface area contributed by atoms with Crippen molar-refractivity contribution in [3.8, 4) is 5.75 Å². The van der Waals surface area contributed by atoms with E-state index in [4.69, 9.17) is 16.3 Å². The van der Waals surface area contributed by atoms with Gasteiger partial charge in [-0.25, -0.2) is 8.42 Å². The molecule has 0 aliphatic heterocycles. The molecule has 3 aromatic carbocycles. The fraction of sp³-hybridized carbons (Fsp3) is 0.136. The Morgan fingerprint density at radius 3 is 2.36 bits per heavy atom. The summed E-state index contributed by atoms with van der Waals surface area (Å²) in [6, 6.07) is 16.8. The van der Waals surface area contributed by atoms with Crippen LogP contribution in [0.3, 0.4) is 0 Å². The average Bonchev–Trinajstić information content (AvgIpc) is 2.79. The number of halogens is 1. The van der Waals surface area contributed by atoms with Gasteiger partial charge in [-0.2, -0.15) is 4.72 Å².